The van der Waals surface area contributed by atoms with Crippen LogP contribution < -0.4 is 16.4 Å². The first kappa shape index (κ1) is 17.1. The molecule has 0 saturated heterocycles. The first-order chi connectivity index (χ1) is 9.69. The lowest BCUT2D eigenvalue weighted by atomic mass is 10.1. The molecule has 0 aliphatic rings. The van der Waals surface area contributed by atoms with Crippen LogP contribution in [0.3, 0.4) is 0 Å². The van der Waals surface area contributed by atoms with Gasteiger partial charge in [0.05, 0.1) is 6.04 Å². The van der Waals surface area contributed by atoms with Crippen molar-refractivity contribution in [3.05, 3.63) is 34.9 Å². The fraction of sp³-hybridized carbons (Fsp3) is 0.429. The molecule has 0 aliphatic carbocycles. The topological polar surface area (TPSA) is 93.4 Å². The Kier molecular flexibility index (Phi) is 5.84. The normalized spacial score (nSPS) is 12.4. The predicted molar refractivity (Wildman–Crippen MR) is 81.1 cm³/mol. The number of hydrogen-bond acceptors (Lipinski definition) is 3. The molecule has 21 heavy (non-hydrogen) atoms. The van der Waals surface area contributed by atoms with E-state index in [2.05, 4.69) is 10.6 Å². The molecular weight excluding hydrogens is 294 g/mol. The molecule has 1 aromatic rings. The molecule has 0 bridgehead atoms. The third-order valence-corrected chi connectivity index (χ3v) is 2.79. The highest BCUT2D eigenvalue weighted by Crippen LogP contribution is 2.22. The molecule has 1 aromatic carbocycles. The van der Waals surface area contributed by atoms with Gasteiger partial charge in [0.15, 0.2) is 0 Å². The van der Waals surface area contributed by atoms with Crippen molar-refractivity contribution >= 4 is 23.7 Å². The average molecular weight is 314 g/mol. The second kappa shape index (κ2) is 7.17. The molecule has 1 rings (SSSR count). The lowest BCUT2D eigenvalue weighted by Crippen LogP contribution is -2.41. The Morgan fingerprint density at radius 1 is 1.33 bits per heavy atom. The highest BCUT2D eigenvalue weighted by atomic mass is 35.5. The smallest absolute Gasteiger partial charge is 0.407 e. The highest BCUT2D eigenvalue weighted by Gasteiger charge is 2.20. The molecule has 0 fully saturated rings. The summed E-state index contributed by atoms with van der Waals surface area (Å²) in [5.74, 6) is 0. The van der Waals surface area contributed by atoms with Crippen molar-refractivity contribution in [3.8, 4) is 0 Å². The van der Waals surface area contributed by atoms with E-state index >= 15 is 0 Å². The third kappa shape index (κ3) is 6.35. The molecule has 0 heterocycles. The number of alkyl carbamates (subject to hydrolysis) is 1. The average Bonchev–Trinajstić information content (AvgIpc) is 2.32. The third-order valence-electron chi connectivity index (χ3n) is 2.45. The van der Waals surface area contributed by atoms with Gasteiger partial charge in [0.1, 0.15) is 5.60 Å². The van der Waals surface area contributed by atoms with Crippen molar-refractivity contribution in [2.45, 2.75) is 32.4 Å². The maximum absolute atomic E-state index is 11.7. The van der Waals surface area contributed by atoms with Crippen LogP contribution in [0.5, 0.6) is 0 Å². The number of urea groups is 1. The van der Waals surface area contributed by atoms with Gasteiger partial charge in [-0.1, -0.05) is 29.8 Å². The maximum Gasteiger partial charge on any atom is 0.407 e. The fourth-order valence-electron chi connectivity index (χ4n) is 1.67. The number of nitrogens with one attached hydrogen (secondary N) is 2. The summed E-state index contributed by atoms with van der Waals surface area (Å²) in [6.45, 7) is 5.40. The van der Waals surface area contributed by atoms with Crippen molar-refractivity contribution in [3.63, 3.8) is 0 Å². The Bertz CT molecular complexity index is 514. The minimum absolute atomic E-state index is 0.113. The van der Waals surface area contributed by atoms with Crippen molar-refractivity contribution in [2.24, 2.45) is 5.73 Å². The molecule has 3 amide bonds. The van der Waals surface area contributed by atoms with Gasteiger partial charge in [-0.2, -0.15) is 0 Å². The Labute approximate surface area is 129 Å². The standard InChI is InChI=1S/C14H20ClN3O3/c1-14(2,3)21-13(20)17-8-11(18-12(16)19)9-6-4-5-7-10(9)15/h4-7,11H,8H2,1-3H3,(H,17,20)(H3,16,18,19). The van der Waals surface area contributed by atoms with Crippen molar-refractivity contribution in [1.29, 1.82) is 0 Å². The van der Waals surface area contributed by atoms with Crippen LogP contribution in [0.15, 0.2) is 24.3 Å². The maximum atomic E-state index is 11.7. The Morgan fingerprint density at radius 3 is 2.48 bits per heavy atom. The quantitative estimate of drug-likeness (QED) is 0.797. The van der Waals surface area contributed by atoms with Crippen LogP contribution in [-0.4, -0.2) is 24.3 Å². The molecule has 6 nitrogen and oxygen atoms in total. The van der Waals surface area contributed by atoms with E-state index in [1.54, 1.807) is 45.0 Å². The summed E-state index contributed by atoms with van der Waals surface area (Å²) < 4.78 is 5.13. The molecule has 0 saturated carbocycles. The van der Waals surface area contributed by atoms with Crippen LogP contribution in [0, 0.1) is 0 Å². The van der Waals surface area contributed by atoms with Gasteiger partial charge in [0.25, 0.3) is 0 Å². The van der Waals surface area contributed by atoms with Crippen LogP contribution in [0.25, 0.3) is 0 Å². The molecule has 7 heteroatoms. The number of amides is 3. The molecule has 1 atom stereocenters. The van der Waals surface area contributed by atoms with E-state index in [1.807, 2.05) is 0 Å². The number of carbonyl (C=O) groups excluding carboxylic acids is 2. The van der Waals surface area contributed by atoms with Gasteiger partial charge in [-0.15, -0.1) is 0 Å². The van der Waals surface area contributed by atoms with Gasteiger partial charge in [0, 0.05) is 11.6 Å². The van der Waals surface area contributed by atoms with Crippen molar-refractivity contribution in [2.75, 3.05) is 6.54 Å². The first-order valence-electron chi connectivity index (χ1n) is 6.46. The van der Waals surface area contributed by atoms with Crippen LogP contribution >= 0.6 is 11.6 Å². The van der Waals surface area contributed by atoms with Crippen LogP contribution in [0.1, 0.15) is 32.4 Å². The Balaban J connectivity index is 2.74. The molecule has 0 aromatic heterocycles. The number of ether oxygens (including phenoxy) is 1. The molecule has 1 unspecified atom stereocenters. The van der Waals surface area contributed by atoms with Gasteiger partial charge in [-0.05, 0) is 32.4 Å². The first-order valence-corrected chi connectivity index (χ1v) is 6.84. The Morgan fingerprint density at radius 2 is 1.95 bits per heavy atom. The second-order valence-electron chi connectivity index (χ2n) is 5.47. The number of primary amides is 1. The van der Waals surface area contributed by atoms with E-state index in [0.29, 0.717) is 10.6 Å². The van der Waals surface area contributed by atoms with Gasteiger partial charge >= 0.3 is 12.1 Å². The number of halogens is 1. The van der Waals surface area contributed by atoms with E-state index in [0.717, 1.165) is 0 Å². The monoisotopic (exact) mass is 313 g/mol. The van der Waals surface area contributed by atoms with E-state index in [4.69, 9.17) is 22.1 Å². The van der Waals surface area contributed by atoms with E-state index in [-0.39, 0.29) is 6.54 Å². The molecule has 0 spiro atoms. The van der Waals surface area contributed by atoms with E-state index in [1.165, 1.54) is 0 Å². The van der Waals surface area contributed by atoms with Crippen LogP contribution in [0.4, 0.5) is 9.59 Å². The fourth-order valence-corrected chi connectivity index (χ4v) is 1.94. The van der Waals surface area contributed by atoms with Gasteiger partial charge in [0.2, 0.25) is 0 Å². The zero-order chi connectivity index (χ0) is 16.0. The summed E-state index contributed by atoms with van der Waals surface area (Å²) in [5, 5.41) is 5.59. The molecule has 4 N–H and O–H groups in total. The van der Waals surface area contributed by atoms with Crippen molar-refractivity contribution in [1.82, 2.24) is 10.6 Å². The summed E-state index contributed by atoms with van der Waals surface area (Å²) in [6.07, 6.45) is -0.578. The van der Waals surface area contributed by atoms with Gasteiger partial charge in [-0.3, -0.25) is 0 Å². The highest BCUT2D eigenvalue weighted by molar-refractivity contribution is 6.31. The number of benzene rings is 1. The van der Waals surface area contributed by atoms with E-state index in [9.17, 15) is 9.59 Å². The largest absolute Gasteiger partial charge is 0.444 e. The summed E-state index contributed by atoms with van der Waals surface area (Å²) in [4.78, 5) is 22.7. The minimum atomic E-state index is -0.703. The molecule has 116 valence electrons. The zero-order valence-electron chi connectivity index (χ0n) is 12.3. The van der Waals surface area contributed by atoms with Gasteiger partial charge in [-0.25, -0.2) is 9.59 Å². The number of rotatable bonds is 4. The van der Waals surface area contributed by atoms with E-state index < -0.39 is 23.8 Å². The molecule has 0 aliphatic heterocycles. The number of hydrogen-bond donors (Lipinski definition) is 3. The number of carbonyl (C=O) groups is 2. The minimum Gasteiger partial charge on any atom is -0.444 e. The van der Waals surface area contributed by atoms with Crippen LogP contribution in [0.2, 0.25) is 5.02 Å². The SMILES string of the molecule is CC(C)(C)OC(=O)NCC(NC(N)=O)c1ccccc1Cl. The summed E-state index contributed by atoms with van der Waals surface area (Å²) in [5.41, 5.74) is 5.22. The summed E-state index contributed by atoms with van der Waals surface area (Å²) in [7, 11) is 0. The summed E-state index contributed by atoms with van der Waals surface area (Å²) >= 11 is 6.09. The lowest BCUT2D eigenvalue weighted by molar-refractivity contribution is 0.0522. The lowest BCUT2D eigenvalue weighted by Gasteiger charge is -2.23. The second-order valence-corrected chi connectivity index (χ2v) is 5.87. The zero-order valence-corrected chi connectivity index (χ0v) is 13.0. The van der Waals surface area contributed by atoms with Crippen molar-refractivity contribution < 1.29 is 14.3 Å². The summed E-state index contributed by atoms with van der Waals surface area (Å²) in [6, 6.07) is 5.76. The molecule has 0 radical (unpaired) electrons. The Hall–Kier alpha value is -1.95. The van der Waals surface area contributed by atoms with Gasteiger partial charge < -0.3 is 21.1 Å². The van der Waals surface area contributed by atoms with Crippen LogP contribution in [-0.2, 0) is 4.74 Å². The number of nitrogens with two attached hydrogens (primary N) is 1. The predicted octanol–water partition coefficient (Wildman–Crippen LogP) is 2.57. The molecular formula is C14H20ClN3O3.